The van der Waals surface area contributed by atoms with E-state index >= 15 is 0 Å². The van der Waals surface area contributed by atoms with Crippen LogP contribution in [0.4, 0.5) is 11.4 Å². The zero-order valence-electron chi connectivity index (χ0n) is 13.0. The third-order valence-electron chi connectivity index (χ3n) is 3.41. The Morgan fingerprint density at radius 1 is 1.23 bits per heavy atom. The molecule has 0 saturated carbocycles. The van der Waals surface area contributed by atoms with E-state index in [4.69, 9.17) is 29.0 Å². The lowest BCUT2D eigenvalue weighted by atomic mass is 10.2. The SMILES string of the molecule is NS(=O)(=O)c1ccc(NC(=S)N=Nc2c(O)[nH]c3c(Cl)cccc23)cc1. The first kappa shape index (κ1) is 18.3. The van der Waals surface area contributed by atoms with Crippen molar-refractivity contribution in [1.29, 1.82) is 0 Å². The third kappa shape index (κ3) is 3.83. The summed E-state index contributed by atoms with van der Waals surface area (Å²) in [5.41, 5.74) is 1.25. The van der Waals surface area contributed by atoms with Crippen LogP contribution in [0.3, 0.4) is 0 Å². The van der Waals surface area contributed by atoms with Gasteiger partial charge in [-0.2, -0.15) is 0 Å². The van der Waals surface area contributed by atoms with E-state index in [1.165, 1.54) is 24.3 Å². The molecule has 0 bridgehead atoms. The average molecular weight is 410 g/mol. The fourth-order valence-electron chi connectivity index (χ4n) is 2.23. The summed E-state index contributed by atoms with van der Waals surface area (Å²) in [6, 6.07) is 10.8. The van der Waals surface area contributed by atoms with Crippen LogP contribution in [0.2, 0.25) is 5.02 Å². The van der Waals surface area contributed by atoms with E-state index < -0.39 is 10.0 Å². The molecule has 8 nitrogen and oxygen atoms in total. The fourth-order valence-corrected chi connectivity index (χ4v) is 3.12. The number of para-hydroxylation sites is 1. The normalized spacial score (nSPS) is 11.9. The Labute approximate surface area is 158 Å². The molecule has 0 unspecified atom stereocenters. The van der Waals surface area contributed by atoms with E-state index in [1.54, 1.807) is 18.2 Å². The van der Waals surface area contributed by atoms with Gasteiger partial charge in [0.1, 0.15) is 0 Å². The lowest BCUT2D eigenvalue weighted by Gasteiger charge is -2.04. The van der Waals surface area contributed by atoms with Crippen molar-refractivity contribution in [3.63, 3.8) is 0 Å². The van der Waals surface area contributed by atoms with Crippen LogP contribution in [0.5, 0.6) is 5.88 Å². The predicted molar refractivity (Wildman–Crippen MR) is 104 cm³/mol. The number of aromatic hydroxyl groups is 1. The van der Waals surface area contributed by atoms with Crippen molar-refractivity contribution < 1.29 is 13.5 Å². The molecule has 0 aliphatic carbocycles. The summed E-state index contributed by atoms with van der Waals surface area (Å²) in [6.07, 6.45) is 0. The van der Waals surface area contributed by atoms with Crippen LogP contribution in [0.15, 0.2) is 57.6 Å². The van der Waals surface area contributed by atoms with Crippen LogP contribution in [-0.2, 0) is 10.0 Å². The Balaban J connectivity index is 1.78. The Hall–Kier alpha value is -2.53. The van der Waals surface area contributed by atoms with Crippen LogP contribution in [0, 0.1) is 0 Å². The highest BCUT2D eigenvalue weighted by Crippen LogP contribution is 2.38. The van der Waals surface area contributed by atoms with Gasteiger partial charge in [-0.1, -0.05) is 23.7 Å². The van der Waals surface area contributed by atoms with Gasteiger partial charge >= 0.3 is 0 Å². The molecule has 0 amide bonds. The van der Waals surface area contributed by atoms with Gasteiger partial charge in [-0.3, -0.25) is 0 Å². The highest BCUT2D eigenvalue weighted by atomic mass is 35.5. The van der Waals surface area contributed by atoms with Crippen LogP contribution < -0.4 is 10.5 Å². The van der Waals surface area contributed by atoms with Gasteiger partial charge in [0.15, 0.2) is 5.69 Å². The standard InChI is InChI=1S/C15H12ClN5O3S2/c16-11-3-1-2-10-12(11)19-14(22)13(10)20-21-15(25)18-8-4-6-9(7-5-8)26(17,23)24/h1-7,19,22H,(H,18,25)(H2,17,23,24). The van der Waals surface area contributed by atoms with Gasteiger partial charge < -0.3 is 15.4 Å². The van der Waals surface area contributed by atoms with Crippen molar-refractivity contribution >= 4 is 61.2 Å². The summed E-state index contributed by atoms with van der Waals surface area (Å²) in [4.78, 5) is 2.71. The Morgan fingerprint density at radius 2 is 1.92 bits per heavy atom. The maximum atomic E-state index is 11.2. The minimum Gasteiger partial charge on any atom is -0.493 e. The number of hydrogen-bond acceptors (Lipinski definition) is 5. The zero-order chi connectivity index (χ0) is 18.9. The highest BCUT2D eigenvalue weighted by Gasteiger charge is 2.12. The number of fused-ring (bicyclic) bond motifs is 1. The monoisotopic (exact) mass is 409 g/mol. The smallest absolute Gasteiger partial charge is 0.238 e. The molecule has 0 fully saturated rings. The second-order valence-electron chi connectivity index (χ2n) is 5.18. The van der Waals surface area contributed by atoms with E-state index in [1.807, 2.05) is 0 Å². The first-order valence-corrected chi connectivity index (χ1v) is 9.44. The molecule has 2 aromatic carbocycles. The maximum Gasteiger partial charge on any atom is 0.238 e. The molecular weight excluding hydrogens is 398 g/mol. The summed E-state index contributed by atoms with van der Waals surface area (Å²) in [7, 11) is -3.76. The van der Waals surface area contributed by atoms with Crippen molar-refractivity contribution in [3.8, 4) is 5.88 Å². The first-order valence-electron chi connectivity index (χ1n) is 7.10. The number of nitrogens with two attached hydrogens (primary N) is 1. The summed E-state index contributed by atoms with van der Waals surface area (Å²) in [6.45, 7) is 0. The van der Waals surface area contributed by atoms with Gasteiger partial charge in [0.2, 0.25) is 21.0 Å². The van der Waals surface area contributed by atoms with Crippen LogP contribution in [-0.4, -0.2) is 23.6 Å². The maximum absolute atomic E-state index is 11.2. The second-order valence-corrected chi connectivity index (χ2v) is 7.54. The highest BCUT2D eigenvalue weighted by molar-refractivity contribution is 7.89. The number of aromatic nitrogens is 1. The van der Waals surface area contributed by atoms with Gasteiger partial charge in [-0.15, -0.1) is 10.2 Å². The van der Waals surface area contributed by atoms with Crippen molar-refractivity contribution in [2.24, 2.45) is 15.4 Å². The molecule has 0 aliphatic rings. The number of H-pyrrole nitrogens is 1. The molecule has 134 valence electrons. The first-order chi connectivity index (χ1) is 12.3. The lowest BCUT2D eigenvalue weighted by molar-refractivity contribution is 0.459. The van der Waals surface area contributed by atoms with Gasteiger partial charge in [0.25, 0.3) is 0 Å². The van der Waals surface area contributed by atoms with Gasteiger partial charge in [-0.25, -0.2) is 13.6 Å². The zero-order valence-corrected chi connectivity index (χ0v) is 15.4. The number of rotatable bonds is 3. The van der Waals surface area contributed by atoms with E-state index in [-0.39, 0.29) is 21.6 Å². The molecule has 1 aromatic heterocycles. The van der Waals surface area contributed by atoms with E-state index in [0.717, 1.165) is 0 Å². The molecule has 3 rings (SSSR count). The minimum absolute atomic E-state index is 0.0174. The number of anilines is 1. The number of nitrogens with zero attached hydrogens (tertiary/aromatic N) is 2. The Bertz CT molecular complexity index is 1120. The number of halogens is 1. The van der Waals surface area contributed by atoms with Crippen molar-refractivity contribution in [3.05, 3.63) is 47.5 Å². The largest absolute Gasteiger partial charge is 0.493 e. The molecule has 11 heteroatoms. The molecule has 0 radical (unpaired) electrons. The number of aromatic amines is 1. The molecule has 3 aromatic rings. The van der Waals surface area contributed by atoms with Crippen LogP contribution in [0.1, 0.15) is 0 Å². The average Bonchev–Trinajstić information content (AvgIpc) is 2.90. The number of primary sulfonamides is 1. The molecule has 0 aliphatic heterocycles. The number of benzene rings is 2. The second kappa shape index (κ2) is 7.00. The predicted octanol–water partition coefficient (Wildman–Crippen LogP) is 3.66. The fraction of sp³-hybridized carbons (Fsp3) is 0. The van der Waals surface area contributed by atoms with Gasteiger partial charge in [-0.05, 0) is 42.5 Å². The van der Waals surface area contributed by atoms with Gasteiger partial charge in [0, 0.05) is 11.1 Å². The van der Waals surface area contributed by atoms with E-state index in [9.17, 15) is 13.5 Å². The number of sulfonamides is 1. The van der Waals surface area contributed by atoms with Crippen molar-refractivity contribution in [2.75, 3.05) is 5.32 Å². The molecule has 0 spiro atoms. The number of azo groups is 1. The number of thiocarbonyl (C=S) groups is 1. The summed E-state index contributed by atoms with van der Waals surface area (Å²) in [5.74, 6) is -0.183. The Kier molecular flexibility index (Phi) is 4.92. The molecule has 0 atom stereocenters. The quantitative estimate of drug-likeness (QED) is 0.387. The molecule has 26 heavy (non-hydrogen) atoms. The third-order valence-corrected chi connectivity index (χ3v) is 4.84. The summed E-state index contributed by atoms with van der Waals surface area (Å²) >= 11 is 11.1. The molecular formula is C15H12ClN5O3S2. The molecule has 1 heterocycles. The minimum atomic E-state index is -3.76. The Morgan fingerprint density at radius 3 is 2.58 bits per heavy atom. The number of hydrogen-bond donors (Lipinski definition) is 4. The van der Waals surface area contributed by atoms with E-state index in [0.29, 0.717) is 21.6 Å². The van der Waals surface area contributed by atoms with Crippen LogP contribution in [0.25, 0.3) is 10.9 Å². The summed E-state index contributed by atoms with van der Waals surface area (Å²) in [5, 5.41) is 26.6. The molecule has 5 N–H and O–H groups in total. The number of nitrogens with one attached hydrogen (secondary N) is 2. The van der Waals surface area contributed by atoms with E-state index in [2.05, 4.69) is 20.5 Å². The van der Waals surface area contributed by atoms with Crippen LogP contribution >= 0.6 is 23.8 Å². The topological polar surface area (TPSA) is 133 Å². The van der Waals surface area contributed by atoms with Crippen molar-refractivity contribution in [2.45, 2.75) is 4.90 Å². The van der Waals surface area contributed by atoms with Crippen molar-refractivity contribution in [1.82, 2.24) is 4.98 Å². The van der Waals surface area contributed by atoms with Gasteiger partial charge in [0.05, 0.1) is 15.4 Å². The molecule has 0 saturated heterocycles. The summed E-state index contributed by atoms with van der Waals surface area (Å²) < 4.78 is 22.5. The lowest BCUT2D eigenvalue weighted by Crippen LogP contribution is -2.12.